The molecule has 0 spiro atoms. The van der Waals surface area contributed by atoms with Crippen LogP contribution < -0.4 is 5.32 Å². The maximum atomic E-state index is 13.5. The van der Waals surface area contributed by atoms with E-state index in [0.29, 0.717) is 37.7 Å². The van der Waals surface area contributed by atoms with Crippen molar-refractivity contribution in [3.8, 4) is 0 Å². The fourth-order valence-corrected chi connectivity index (χ4v) is 3.38. The average Bonchev–Trinajstić information content (AvgIpc) is 3.18. The van der Waals surface area contributed by atoms with Crippen molar-refractivity contribution in [3.05, 3.63) is 88.7 Å². The minimum atomic E-state index is -1.02. The van der Waals surface area contributed by atoms with Crippen LogP contribution in [0.5, 0.6) is 0 Å². The van der Waals surface area contributed by atoms with Crippen LogP contribution in [0.4, 0.5) is 19.3 Å². The maximum absolute atomic E-state index is 13.5. The number of halogens is 3. The summed E-state index contributed by atoms with van der Waals surface area (Å²) in [5.41, 5.74) is 2.07. The second kappa shape index (κ2) is 10.9. The number of hydrogen-bond donors (Lipinski definition) is 1. The van der Waals surface area contributed by atoms with E-state index in [1.807, 2.05) is 47.2 Å². The van der Waals surface area contributed by atoms with E-state index >= 15 is 0 Å². The van der Waals surface area contributed by atoms with Gasteiger partial charge in [-0.25, -0.2) is 13.6 Å². The minimum Gasteiger partial charge on any atom is -0.385 e. The summed E-state index contributed by atoms with van der Waals surface area (Å²) in [6, 6.07) is 14.3. The number of carbonyl (C=O) groups is 1. The normalized spacial score (nSPS) is 10.8. The van der Waals surface area contributed by atoms with E-state index in [1.165, 1.54) is 6.07 Å². The number of nitrogens with zero attached hydrogens (tertiary/aromatic N) is 2. The molecule has 2 aromatic carbocycles. The topological polar surface area (TPSA) is 46.5 Å². The molecule has 3 rings (SSSR count). The van der Waals surface area contributed by atoms with Crippen molar-refractivity contribution in [2.24, 2.45) is 0 Å². The summed E-state index contributed by atoms with van der Waals surface area (Å²) in [4.78, 5) is 14.5. The summed E-state index contributed by atoms with van der Waals surface area (Å²) in [6.45, 7) is 1.83. The molecule has 2 amide bonds. The number of amides is 2. The monoisotopic (exact) mass is 447 g/mol. The van der Waals surface area contributed by atoms with Gasteiger partial charge in [0.25, 0.3) is 0 Å². The highest BCUT2D eigenvalue weighted by atomic mass is 35.5. The Hall–Kier alpha value is -2.90. The van der Waals surface area contributed by atoms with E-state index in [-0.39, 0.29) is 5.69 Å². The van der Waals surface area contributed by atoms with Crippen molar-refractivity contribution in [2.75, 3.05) is 25.6 Å². The maximum Gasteiger partial charge on any atom is 0.322 e. The molecule has 0 radical (unpaired) electrons. The number of ether oxygens (including phenoxy) is 1. The number of rotatable bonds is 9. The lowest BCUT2D eigenvalue weighted by molar-refractivity contribution is 0.171. The molecule has 0 saturated carbocycles. The molecule has 5 nitrogen and oxygen atoms in total. The highest BCUT2D eigenvalue weighted by Gasteiger charge is 2.17. The molecule has 31 heavy (non-hydrogen) atoms. The van der Waals surface area contributed by atoms with Crippen LogP contribution in [0.15, 0.2) is 60.8 Å². The zero-order chi connectivity index (χ0) is 22.2. The van der Waals surface area contributed by atoms with Crippen molar-refractivity contribution in [2.45, 2.75) is 19.5 Å². The fourth-order valence-electron chi connectivity index (χ4n) is 3.18. The molecule has 0 aliphatic rings. The van der Waals surface area contributed by atoms with Gasteiger partial charge in [-0.2, -0.15) is 0 Å². The first-order chi connectivity index (χ1) is 15.0. The number of methoxy groups -OCH3 is 1. The lowest BCUT2D eigenvalue weighted by Gasteiger charge is -2.24. The Labute approximate surface area is 185 Å². The first-order valence-electron chi connectivity index (χ1n) is 9.85. The Morgan fingerprint density at radius 2 is 1.94 bits per heavy atom. The molecule has 1 aromatic heterocycles. The van der Waals surface area contributed by atoms with Gasteiger partial charge in [0.2, 0.25) is 0 Å². The quantitative estimate of drug-likeness (QED) is 0.438. The third-order valence-corrected chi connectivity index (χ3v) is 5.18. The van der Waals surface area contributed by atoms with E-state index in [4.69, 9.17) is 16.3 Å². The fraction of sp³-hybridized carbons (Fsp3) is 0.261. The van der Waals surface area contributed by atoms with Gasteiger partial charge in [-0.3, -0.25) is 0 Å². The zero-order valence-corrected chi connectivity index (χ0v) is 17.9. The van der Waals surface area contributed by atoms with Crippen molar-refractivity contribution in [3.63, 3.8) is 0 Å². The molecule has 0 aliphatic heterocycles. The zero-order valence-electron chi connectivity index (χ0n) is 17.2. The summed E-state index contributed by atoms with van der Waals surface area (Å²) in [7, 11) is 1.60. The third kappa shape index (κ3) is 6.29. The van der Waals surface area contributed by atoms with Crippen LogP contribution in [-0.2, 0) is 17.8 Å². The van der Waals surface area contributed by atoms with Crippen molar-refractivity contribution in [1.82, 2.24) is 9.47 Å². The number of urea groups is 1. The number of hydrogen-bond acceptors (Lipinski definition) is 2. The van der Waals surface area contributed by atoms with Crippen LogP contribution in [0, 0.1) is 11.6 Å². The molecule has 8 heteroatoms. The number of benzene rings is 2. The van der Waals surface area contributed by atoms with Gasteiger partial charge < -0.3 is 19.5 Å². The van der Waals surface area contributed by atoms with E-state index in [0.717, 1.165) is 23.4 Å². The summed E-state index contributed by atoms with van der Waals surface area (Å²) >= 11 is 6.29. The van der Waals surface area contributed by atoms with Crippen LogP contribution in [0.3, 0.4) is 0 Å². The van der Waals surface area contributed by atoms with Gasteiger partial charge in [0.05, 0.1) is 6.54 Å². The molecule has 0 aliphatic carbocycles. The number of nitrogens with one attached hydrogen (secondary N) is 1. The Morgan fingerprint density at radius 1 is 1.13 bits per heavy atom. The van der Waals surface area contributed by atoms with Crippen molar-refractivity contribution in [1.29, 1.82) is 0 Å². The van der Waals surface area contributed by atoms with Gasteiger partial charge in [0, 0.05) is 55.5 Å². The SMILES string of the molecule is COCCCN(Cc1cccn1Cc1ccccc1Cl)C(=O)Nc1ccc(F)c(F)c1. The predicted molar refractivity (Wildman–Crippen MR) is 117 cm³/mol. The van der Waals surface area contributed by atoms with Crippen LogP contribution in [-0.4, -0.2) is 35.8 Å². The molecular formula is C23H24ClF2N3O2. The van der Waals surface area contributed by atoms with Crippen LogP contribution in [0.25, 0.3) is 0 Å². The number of anilines is 1. The van der Waals surface area contributed by atoms with Crippen molar-refractivity contribution >= 4 is 23.3 Å². The van der Waals surface area contributed by atoms with E-state index in [9.17, 15) is 13.6 Å². The largest absolute Gasteiger partial charge is 0.385 e. The van der Waals surface area contributed by atoms with Gasteiger partial charge in [-0.1, -0.05) is 29.8 Å². The van der Waals surface area contributed by atoms with Crippen LogP contribution in [0.1, 0.15) is 17.7 Å². The van der Waals surface area contributed by atoms with Gasteiger partial charge >= 0.3 is 6.03 Å². The lowest BCUT2D eigenvalue weighted by Crippen LogP contribution is -2.36. The highest BCUT2D eigenvalue weighted by Crippen LogP contribution is 2.19. The molecule has 0 fully saturated rings. The standard InChI is InChI=1S/C23H24ClF2N3O2/c1-31-13-5-12-29(23(30)27-18-9-10-21(25)22(26)14-18)16-19-7-4-11-28(19)15-17-6-2-3-8-20(17)24/h2-4,6-11,14H,5,12-13,15-16H2,1H3,(H,27,30). The molecule has 1 heterocycles. The van der Waals surface area contributed by atoms with E-state index in [2.05, 4.69) is 5.32 Å². The molecule has 0 unspecified atom stereocenters. The molecule has 3 aromatic rings. The molecule has 0 saturated heterocycles. The molecule has 0 bridgehead atoms. The average molecular weight is 448 g/mol. The third-order valence-electron chi connectivity index (χ3n) is 4.81. The Bertz CT molecular complexity index is 1030. The number of aromatic nitrogens is 1. The molecule has 1 N–H and O–H groups in total. The van der Waals surface area contributed by atoms with E-state index < -0.39 is 17.7 Å². The Kier molecular flexibility index (Phi) is 8.03. The first-order valence-corrected chi connectivity index (χ1v) is 10.2. The number of carbonyl (C=O) groups excluding carboxylic acids is 1. The van der Waals surface area contributed by atoms with Crippen LogP contribution >= 0.6 is 11.6 Å². The summed E-state index contributed by atoms with van der Waals surface area (Å²) < 4.78 is 33.8. The van der Waals surface area contributed by atoms with Gasteiger partial charge in [-0.15, -0.1) is 0 Å². The van der Waals surface area contributed by atoms with Crippen molar-refractivity contribution < 1.29 is 18.3 Å². The summed E-state index contributed by atoms with van der Waals surface area (Å²) in [6.07, 6.45) is 2.56. The van der Waals surface area contributed by atoms with E-state index in [1.54, 1.807) is 12.0 Å². The van der Waals surface area contributed by atoms with Gasteiger partial charge in [0.15, 0.2) is 11.6 Å². The second-order valence-electron chi connectivity index (χ2n) is 7.05. The lowest BCUT2D eigenvalue weighted by atomic mass is 10.2. The minimum absolute atomic E-state index is 0.187. The smallest absolute Gasteiger partial charge is 0.322 e. The molecular weight excluding hydrogens is 424 g/mol. The second-order valence-corrected chi connectivity index (χ2v) is 7.45. The Balaban J connectivity index is 1.75. The Morgan fingerprint density at radius 3 is 2.68 bits per heavy atom. The highest BCUT2D eigenvalue weighted by molar-refractivity contribution is 6.31. The predicted octanol–water partition coefficient (Wildman–Crippen LogP) is 5.54. The summed E-state index contributed by atoms with van der Waals surface area (Å²) in [5, 5.41) is 3.31. The molecule has 0 atom stereocenters. The summed E-state index contributed by atoms with van der Waals surface area (Å²) in [5.74, 6) is -1.98. The molecule has 164 valence electrons. The van der Waals surface area contributed by atoms with Gasteiger partial charge in [-0.05, 0) is 42.3 Å². The van der Waals surface area contributed by atoms with Crippen LogP contribution in [0.2, 0.25) is 5.02 Å². The first kappa shape index (κ1) is 22.8. The van der Waals surface area contributed by atoms with Gasteiger partial charge in [0.1, 0.15) is 0 Å².